The Morgan fingerprint density at radius 1 is 1.20 bits per heavy atom. The second-order valence-electron chi connectivity index (χ2n) is 4.66. The van der Waals surface area contributed by atoms with Crippen LogP contribution in [0.4, 0.5) is 8.78 Å². The third-order valence-corrected chi connectivity index (χ3v) is 3.21. The number of aromatic nitrogens is 2. The van der Waals surface area contributed by atoms with Crippen molar-refractivity contribution in [3.8, 4) is 0 Å². The Hall–Kier alpha value is -1.75. The molecule has 1 aromatic heterocycles. The van der Waals surface area contributed by atoms with E-state index in [1.807, 2.05) is 24.6 Å². The number of hydrogen-bond acceptors (Lipinski definition) is 2. The summed E-state index contributed by atoms with van der Waals surface area (Å²) >= 11 is 0. The van der Waals surface area contributed by atoms with Gasteiger partial charge in [0.05, 0.1) is 6.04 Å². The zero-order valence-corrected chi connectivity index (χ0v) is 11.7. The van der Waals surface area contributed by atoms with Gasteiger partial charge in [0.2, 0.25) is 0 Å². The van der Waals surface area contributed by atoms with Crippen molar-refractivity contribution < 1.29 is 8.78 Å². The SMILES string of the molecule is CCNC(Cc1cc(F)cc(F)c1)c1nccn1CC. The summed E-state index contributed by atoms with van der Waals surface area (Å²) in [5.41, 5.74) is 0.624. The fraction of sp³-hybridized carbons (Fsp3) is 0.400. The van der Waals surface area contributed by atoms with Gasteiger partial charge in [-0.25, -0.2) is 13.8 Å². The van der Waals surface area contributed by atoms with Crippen molar-refractivity contribution in [1.29, 1.82) is 0 Å². The third kappa shape index (κ3) is 3.42. The number of likely N-dealkylation sites (N-methyl/N-ethyl adjacent to an activating group) is 1. The largest absolute Gasteiger partial charge is 0.334 e. The number of imidazole rings is 1. The van der Waals surface area contributed by atoms with Crippen molar-refractivity contribution in [3.05, 3.63) is 53.6 Å². The van der Waals surface area contributed by atoms with E-state index in [-0.39, 0.29) is 6.04 Å². The number of rotatable bonds is 6. The molecule has 2 aromatic rings. The highest BCUT2D eigenvalue weighted by molar-refractivity contribution is 5.20. The van der Waals surface area contributed by atoms with E-state index in [0.717, 1.165) is 25.0 Å². The minimum atomic E-state index is -0.547. The number of hydrogen-bond donors (Lipinski definition) is 1. The van der Waals surface area contributed by atoms with Crippen LogP contribution in [0, 0.1) is 11.6 Å². The average molecular weight is 279 g/mol. The Balaban J connectivity index is 2.25. The molecule has 0 saturated carbocycles. The molecule has 3 nitrogen and oxygen atoms in total. The van der Waals surface area contributed by atoms with Gasteiger partial charge in [-0.3, -0.25) is 0 Å². The van der Waals surface area contributed by atoms with Gasteiger partial charge in [-0.15, -0.1) is 0 Å². The molecule has 20 heavy (non-hydrogen) atoms. The molecule has 1 N–H and O–H groups in total. The first kappa shape index (κ1) is 14.7. The summed E-state index contributed by atoms with van der Waals surface area (Å²) < 4.78 is 28.6. The van der Waals surface area contributed by atoms with Crippen molar-refractivity contribution in [2.75, 3.05) is 6.54 Å². The summed E-state index contributed by atoms with van der Waals surface area (Å²) in [5.74, 6) is -0.206. The van der Waals surface area contributed by atoms with Crippen LogP contribution in [0.2, 0.25) is 0 Å². The fourth-order valence-corrected chi connectivity index (χ4v) is 2.36. The van der Waals surface area contributed by atoms with Crippen LogP contribution in [0.1, 0.15) is 31.3 Å². The Kier molecular flexibility index (Phi) is 4.84. The van der Waals surface area contributed by atoms with Crippen molar-refractivity contribution >= 4 is 0 Å². The first-order chi connectivity index (χ1) is 9.63. The van der Waals surface area contributed by atoms with E-state index in [2.05, 4.69) is 10.3 Å². The zero-order chi connectivity index (χ0) is 14.5. The van der Waals surface area contributed by atoms with Crippen LogP contribution in [0.5, 0.6) is 0 Å². The molecule has 0 aliphatic rings. The van der Waals surface area contributed by atoms with E-state index < -0.39 is 11.6 Å². The van der Waals surface area contributed by atoms with Crippen LogP contribution in [-0.2, 0) is 13.0 Å². The molecule has 0 aliphatic carbocycles. The molecule has 1 heterocycles. The molecule has 0 bridgehead atoms. The van der Waals surface area contributed by atoms with E-state index in [1.54, 1.807) is 6.20 Å². The van der Waals surface area contributed by atoms with Crippen LogP contribution < -0.4 is 5.32 Å². The molecule has 0 saturated heterocycles. The van der Waals surface area contributed by atoms with Crippen LogP contribution in [0.25, 0.3) is 0 Å². The molecular weight excluding hydrogens is 260 g/mol. The van der Waals surface area contributed by atoms with E-state index in [9.17, 15) is 8.78 Å². The van der Waals surface area contributed by atoms with E-state index in [1.165, 1.54) is 12.1 Å². The number of halogens is 2. The van der Waals surface area contributed by atoms with E-state index in [0.29, 0.717) is 12.0 Å². The Morgan fingerprint density at radius 2 is 1.90 bits per heavy atom. The minimum Gasteiger partial charge on any atom is -0.334 e. The number of aryl methyl sites for hydroxylation is 1. The predicted molar refractivity (Wildman–Crippen MR) is 74.4 cm³/mol. The van der Waals surface area contributed by atoms with Crippen molar-refractivity contribution in [1.82, 2.24) is 14.9 Å². The van der Waals surface area contributed by atoms with Crippen LogP contribution in [0.15, 0.2) is 30.6 Å². The van der Waals surface area contributed by atoms with E-state index >= 15 is 0 Å². The van der Waals surface area contributed by atoms with Gasteiger partial charge >= 0.3 is 0 Å². The minimum absolute atomic E-state index is 0.0591. The van der Waals surface area contributed by atoms with E-state index in [4.69, 9.17) is 0 Å². The first-order valence-corrected chi connectivity index (χ1v) is 6.83. The lowest BCUT2D eigenvalue weighted by molar-refractivity contribution is 0.492. The van der Waals surface area contributed by atoms with Gasteiger partial charge in [0.15, 0.2) is 0 Å². The number of nitrogens with zero attached hydrogens (tertiary/aromatic N) is 2. The molecule has 5 heteroatoms. The maximum atomic E-state index is 13.3. The monoisotopic (exact) mass is 279 g/mol. The lowest BCUT2D eigenvalue weighted by atomic mass is 10.0. The molecule has 2 rings (SSSR count). The van der Waals surface area contributed by atoms with Crippen LogP contribution >= 0.6 is 0 Å². The smallest absolute Gasteiger partial charge is 0.126 e. The Bertz CT molecular complexity index is 546. The normalized spacial score (nSPS) is 12.6. The zero-order valence-electron chi connectivity index (χ0n) is 11.7. The summed E-state index contributed by atoms with van der Waals surface area (Å²) in [5, 5.41) is 3.32. The molecule has 0 aliphatic heterocycles. The predicted octanol–water partition coefficient (Wildman–Crippen LogP) is 3.07. The Labute approximate surface area is 117 Å². The van der Waals surface area contributed by atoms with Crippen molar-refractivity contribution in [2.24, 2.45) is 0 Å². The third-order valence-electron chi connectivity index (χ3n) is 3.21. The van der Waals surface area contributed by atoms with Gasteiger partial charge in [-0.1, -0.05) is 6.92 Å². The molecular formula is C15H19F2N3. The van der Waals surface area contributed by atoms with Gasteiger partial charge in [0, 0.05) is 25.0 Å². The highest BCUT2D eigenvalue weighted by atomic mass is 19.1. The van der Waals surface area contributed by atoms with Crippen molar-refractivity contribution in [3.63, 3.8) is 0 Å². The summed E-state index contributed by atoms with van der Waals surface area (Å²) in [7, 11) is 0. The summed E-state index contributed by atoms with van der Waals surface area (Å²) in [6, 6.07) is 3.56. The second kappa shape index (κ2) is 6.61. The summed E-state index contributed by atoms with van der Waals surface area (Å²) in [4.78, 5) is 4.36. The fourth-order valence-electron chi connectivity index (χ4n) is 2.36. The van der Waals surface area contributed by atoms with Gasteiger partial charge in [0.25, 0.3) is 0 Å². The highest BCUT2D eigenvalue weighted by Crippen LogP contribution is 2.19. The van der Waals surface area contributed by atoms with Crippen molar-refractivity contribution in [2.45, 2.75) is 32.9 Å². The van der Waals surface area contributed by atoms with Gasteiger partial charge in [-0.05, 0) is 37.6 Å². The quantitative estimate of drug-likeness (QED) is 0.880. The highest BCUT2D eigenvalue weighted by Gasteiger charge is 2.17. The number of benzene rings is 1. The first-order valence-electron chi connectivity index (χ1n) is 6.83. The molecule has 1 aromatic carbocycles. The van der Waals surface area contributed by atoms with Gasteiger partial charge < -0.3 is 9.88 Å². The maximum absolute atomic E-state index is 13.3. The summed E-state index contributed by atoms with van der Waals surface area (Å²) in [6.07, 6.45) is 4.15. The molecule has 0 radical (unpaired) electrons. The molecule has 1 unspecified atom stereocenters. The maximum Gasteiger partial charge on any atom is 0.126 e. The molecule has 0 spiro atoms. The van der Waals surface area contributed by atoms with Crippen LogP contribution in [-0.4, -0.2) is 16.1 Å². The molecule has 108 valence electrons. The average Bonchev–Trinajstić information content (AvgIpc) is 2.85. The van der Waals surface area contributed by atoms with Gasteiger partial charge in [0.1, 0.15) is 17.5 Å². The van der Waals surface area contributed by atoms with Gasteiger partial charge in [-0.2, -0.15) is 0 Å². The standard InChI is InChI=1S/C15H19F2N3/c1-3-18-14(15-19-5-6-20(15)4-2)9-11-7-12(16)10-13(17)8-11/h5-8,10,14,18H,3-4,9H2,1-2H3. The molecule has 1 atom stereocenters. The topological polar surface area (TPSA) is 29.9 Å². The second-order valence-corrected chi connectivity index (χ2v) is 4.66. The molecule has 0 amide bonds. The lowest BCUT2D eigenvalue weighted by Gasteiger charge is -2.19. The number of nitrogens with one attached hydrogen (secondary N) is 1. The van der Waals surface area contributed by atoms with Crippen LogP contribution in [0.3, 0.4) is 0 Å². The molecule has 0 fully saturated rings. The summed E-state index contributed by atoms with van der Waals surface area (Å²) in [6.45, 7) is 5.61. The lowest BCUT2D eigenvalue weighted by Crippen LogP contribution is -2.26. The Morgan fingerprint density at radius 3 is 2.50 bits per heavy atom.